The highest BCUT2D eigenvalue weighted by Gasteiger charge is 2.19. The van der Waals surface area contributed by atoms with Crippen LogP contribution in [-0.4, -0.2) is 25.3 Å². The first kappa shape index (κ1) is 30.6. The number of halogens is 1. The number of hydrogen-bond donors (Lipinski definition) is 3. The molecule has 3 aromatic rings. The number of carbonyl (C=O) groups is 3. The van der Waals surface area contributed by atoms with E-state index in [0.29, 0.717) is 21.9 Å². The fourth-order valence-electron chi connectivity index (χ4n) is 3.29. The molecule has 0 spiro atoms. The monoisotopic (exact) mass is 623 g/mol. The summed E-state index contributed by atoms with van der Waals surface area (Å²) in [6.07, 6.45) is 5.90. The zero-order valence-electron chi connectivity index (χ0n) is 19.9. The number of carbonyl (C=O) groups excluding carboxylic acids is 3. The maximum Gasteiger partial charge on any atom is 0.264 e. The number of anilines is 1. The Morgan fingerprint density at radius 1 is 0.946 bits per heavy atom. The van der Waals surface area contributed by atoms with E-state index in [2.05, 4.69) is 22.5 Å². The molecule has 0 saturated carbocycles. The molecule has 0 fully saturated rings. The van der Waals surface area contributed by atoms with Gasteiger partial charge in [-0.15, -0.1) is 12.6 Å². The number of benzene rings is 2. The minimum atomic E-state index is -3.97. The molecule has 0 radical (unpaired) electrons. The predicted octanol–water partition coefficient (Wildman–Crippen LogP) is 0.833. The quantitative estimate of drug-likeness (QED) is 0.133. The summed E-state index contributed by atoms with van der Waals surface area (Å²) in [6.45, 7) is 1.92. The number of pyridine rings is 1. The topological polar surface area (TPSA) is 113 Å². The van der Waals surface area contributed by atoms with E-state index in [4.69, 9.17) is 0 Å². The number of aryl methyl sites for hydroxylation is 1. The van der Waals surface area contributed by atoms with Crippen LogP contribution in [0.25, 0.3) is 0 Å². The fourth-order valence-corrected chi connectivity index (χ4v) is 5.54. The standard InChI is InChI=1S/C25H25N3O5S3.BrH/c1-18(29)27-36(32,33)20-13-11-19(12-14-20)26-25(31)21-8-7-9-22(34)24(21)35-23(30)10-3-6-17-28-15-4-2-5-16-28;/h2,4-5,7-9,11-16H,3,6,10,17H2,1H3,(H2-,26,27,29,31,34);1H. The highest BCUT2D eigenvalue weighted by molar-refractivity contribution is 8.13. The molecule has 0 aliphatic heterocycles. The van der Waals surface area contributed by atoms with Gasteiger partial charge in [0.05, 0.1) is 10.5 Å². The van der Waals surface area contributed by atoms with Gasteiger partial charge in [-0.05, 0) is 54.6 Å². The number of amides is 2. The van der Waals surface area contributed by atoms with Crippen molar-refractivity contribution in [2.75, 3.05) is 5.32 Å². The van der Waals surface area contributed by atoms with Crippen molar-refractivity contribution < 1.29 is 44.3 Å². The van der Waals surface area contributed by atoms with Crippen molar-refractivity contribution in [3.8, 4) is 0 Å². The molecule has 0 aliphatic rings. The molecule has 0 saturated heterocycles. The van der Waals surface area contributed by atoms with E-state index < -0.39 is 21.8 Å². The zero-order valence-corrected chi connectivity index (χ0v) is 24.0. The molecule has 0 bridgehead atoms. The van der Waals surface area contributed by atoms with Gasteiger partial charge in [-0.2, -0.15) is 0 Å². The van der Waals surface area contributed by atoms with Crippen LogP contribution in [0.5, 0.6) is 0 Å². The molecular weight excluding hydrogens is 598 g/mol. The highest BCUT2D eigenvalue weighted by Crippen LogP contribution is 2.32. The van der Waals surface area contributed by atoms with Gasteiger partial charge < -0.3 is 22.3 Å². The van der Waals surface area contributed by atoms with Gasteiger partial charge >= 0.3 is 0 Å². The summed E-state index contributed by atoms with van der Waals surface area (Å²) in [5.74, 6) is -1.16. The number of rotatable bonds is 10. The highest BCUT2D eigenvalue weighted by atomic mass is 79.9. The second kappa shape index (κ2) is 14.3. The fraction of sp³-hybridized carbons (Fsp3) is 0.200. The van der Waals surface area contributed by atoms with Crippen LogP contribution in [0.2, 0.25) is 0 Å². The molecule has 1 heterocycles. The molecule has 37 heavy (non-hydrogen) atoms. The minimum Gasteiger partial charge on any atom is -1.00 e. The molecule has 2 aromatic carbocycles. The predicted molar refractivity (Wildman–Crippen MR) is 140 cm³/mol. The Labute approximate surface area is 236 Å². The number of hydrogen-bond acceptors (Lipinski definition) is 7. The molecule has 0 unspecified atom stereocenters. The lowest BCUT2D eigenvalue weighted by atomic mass is 10.2. The van der Waals surface area contributed by atoms with Crippen LogP contribution in [0.4, 0.5) is 5.69 Å². The van der Waals surface area contributed by atoms with E-state index in [1.165, 1.54) is 24.3 Å². The Balaban J connectivity index is 0.00000481. The summed E-state index contributed by atoms with van der Waals surface area (Å²) in [5, 5.41) is 2.65. The van der Waals surface area contributed by atoms with Gasteiger partial charge in [0.2, 0.25) is 5.91 Å². The number of sulfonamides is 1. The molecule has 8 nitrogen and oxygen atoms in total. The Hall–Kier alpha value is -2.67. The number of nitrogens with one attached hydrogen (secondary N) is 2. The number of nitrogens with zero attached hydrogens (tertiary/aromatic N) is 1. The number of aromatic nitrogens is 1. The van der Waals surface area contributed by atoms with Crippen molar-refractivity contribution >= 4 is 57.0 Å². The average Bonchev–Trinajstić information content (AvgIpc) is 2.83. The molecule has 0 atom stereocenters. The minimum absolute atomic E-state index is 0. The third-order valence-electron chi connectivity index (χ3n) is 4.98. The molecular formula is C25H26BrN3O5S3. The van der Waals surface area contributed by atoms with Crippen LogP contribution in [0.3, 0.4) is 0 Å². The summed E-state index contributed by atoms with van der Waals surface area (Å²) < 4.78 is 28.1. The van der Waals surface area contributed by atoms with E-state index in [0.717, 1.165) is 38.1 Å². The van der Waals surface area contributed by atoms with E-state index >= 15 is 0 Å². The number of unbranched alkanes of at least 4 members (excludes halogenated alkanes) is 1. The first-order valence-corrected chi connectivity index (χ1v) is 13.8. The third kappa shape index (κ3) is 9.29. The van der Waals surface area contributed by atoms with Crippen molar-refractivity contribution in [2.45, 2.75) is 47.4 Å². The summed E-state index contributed by atoms with van der Waals surface area (Å²) in [6, 6.07) is 16.2. The van der Waals surface area contributed by atoms with Gasteiger partial charge in [-0.1, -0.05) is 12.1 Å². The van der Waals surface area contributed by atoms with Crippen molar-refractivity contribution in [1.82, 2.24) is 4.72 Å². The largest absolute Gasteiger partial charge is 1.00 e. The summed E-state index contributed by atoms with van der Waals surface area (Å²) in [4.78, 5) is 37.5. The Morgan fingerprint density at radius 2 is 1.62 bits per heavy atom. The van der Waals surface area contributed by atoms with Crippen LogP contribution in [0, 0.1) is 0 Å². The lowest BCUT2D eigenvalue weighted by Gasteiger charge is -2.12. The van der Waals surface area contributed by atoms with Crippen molar-refractivity contribution in [3.63, 3.8) is 0 Å². The van der Waals surface area contributed by atoms with Crippen molar-refractivity contribution in [2.24, 2.45) is 0 Å². The molecule has 2 N–H and O–H groups in total. The van der Waals surface area contributed by atoms with Crippen LogP contribution in [0.1, 0.15) is 36.5 Å². The summed E-state index contributed by atoms with van der Waals surface area (Å²) >= 11 is 5.43. The van der Waals surface area contributed by atoms with Crippen LogP contribution < -0.4 is 31.6 Å². The van der Waals surface area contributed by atoms with Gasteiger partial charge in [0.1, 0.15) is 6.54 Å². The van der Waals surface area contributed by atoms with Gasteiger partial charge in [0.15, 0.2) is 17.5 Å². The Morgan fingerprint density at radius 3 is 2.27 bits per heavy atom. The van der Waals surface area contributed by atoms with Crippen LogP contribution >= 0.6 is 24.4 Å². The second-order valence-electron chi connectivity index (χ2n) is 7.84. The molecule has 3 rings (SSSR count). The Kier molecular flexibility index (Phi) is 11.8. The zero-order chi connectivity index (χ0) is 26.1. The third-order valence-corrected chi connectivity index (χ3v) is 8.03. The van der Waals surface area contributed by atoms with E-state index in [1.54, 1.807) is 18.2 Å². The van der Waals surface area contributed by atoms with Crippen molar-refractivity contribution in [1.29, 1.82) is 0 Å². The molecule has 2 amide bonds. The van der Waals surface area contributed by atoms with Crippen LogP contribution in [-0.2, 0) is 26.2 Å². The maximum atomic E-state index is 13.0. The smallest absolute Gasteiger partial charge is 0.264 e. The SMILES string of the molecule is CC(=O)NS(=O)(=O)c1ccc(NC(=O)c2cccc(S)c2SC(=O)CCCC[n+]2ccccc2)cc1.[Br-]. The molecule has 196 valence electrons. The van der Waals surface area contributed by atoms with E-state index in [-0.39, 0.29) is 32.6 Å². The number of thiol groups is 1. The summed E-state index contributed by atoms with van der Waals surface area (Å²) in [5.41, 5.74) is 0.641. The van der Waals surface area contributed by atoms with Crippen molar-refractivity contribution in [3.05, 3.63) is 78.6 Å². The lowest BCUT2D eigenvalue weighted by molar-refractivity contribution is -0.697. The van der Waals surface area contributed by atoms with E-state index in [9.17, 15) is 22.8 Å². The van der Waals surface area contributed by atoms with Gasteiger partial charge in [0.25, 0.3) is 15.9 Å². The first-order valence-electron chi connectivity index (χ1n) is 11.1. The van der Waals surface area contributed by atoms with Gasteiger partial charge in [0, 0.05) is 47.4 Å². The molecule has 12 heteroatoms. The van der Waals surface area contributed by atoms with Crippen LogP contribution in [0.15, 0.2) is 87.7 Å². The maximum absolute atomic E-state index is 13.0. The van der Waals surface area contributed by atoms with Gasteiger partial charge in [-0.25, -0.2) is 17.7 Å². The van der Waals surface area contributed by atoms with Gasteiger partial charge in [-0.3, -0.25) is 14.4 Å². The average molecular weight is 625 g/mol. The second-order valence-corrected chi connectivity index (χ2v) is 11.1. The number of thioether (sulfide) groups is 1. The van der Waals surface area contributed by atoms with E-state index in [1.807, 2.05) is 35.3 Å². The first-order chi connectivity index (χ1) is 17.2. The lowest BCUT2D eigenvalue weighted by Crippen LogP contribution is -3.00. The summed E-state index contributed by atoms with van der Waals surface area (Å²) in [7, 11) is -3.97. The normalized spacial score (nSPS) is 10.8. The molecule has 1 aromatic heterocycles. The Bertz CT molecular complexity index is 1350. The molecule has 0 aliphatic carbocycles.